The average molecular weight is 356 g/mol. The number of aromatic nitrogens is 2. The van der Waals surface area contributed by atoms with Crippen LogP contribution in [0.25, 0.3) is 0 Å². The summed E-state index contributed by atoms with van der Waals surface area (Å²) in [5, 5.41) is 13.6. The molecule has 0 aliphatic carbocycles. The molecule has 140 valence electrons. The third kappa shape index (κ3) is 5.91. The summed E-state index contributed by atoms with van der Waals surface area (Å²) in [6, 6.07) is 9.54. The zero-order valence-corrected chi connectivity index (χ0v) is 16.1. The molecule has 2 rings (SSSR count). The number of amides is 1. The van der Waals surface area contributed by atoms with Crippen molar-refractivity contribution >= 4 is 11.9 Å². The number of rotatable bonds is 5. The fourth-order valence-electron chi connectivity index (χ4n) is 2.39. The molecule has 0 atom stereocenters. The number of nitrogens with one attached hydrogen (secondary N) is 3. The molecule has 0 saturated heterocycles. The maximum absolute atomic E-state index is 12.3. The molecule has 1 aromatic heterocycles. The number of hydrogen-bond donors (Lipinski definition) is 3. The van der Waals surface area contributed by atoms with Crippen LogP contribution in [0.2, 0.25) is 0 Å². The lowest BCUT2D eigenvalue weighted by Gasteiger charge is -2.20. The number of benzene rings is 1. The first-order valence-corrected chi connectivity index (χ1v) is 8.61. The molecule has 3 N–H and O–H groups in total. The summed E-state index contributed by atoms with van der Waals surface area (Å²) in [6.07, 6.45) is 1.77. The van der Waals surface area contributed by atoms with E-state index in [4.69, 9.17) is 0 Å². The highest BCUT2D eigenvalue weighted by Gasteiger charge is 2.15. The van der Waals surface area contributed by atoms with Gasteiger partial charge in [-0.25, -0.2) is 0 Å². The van der Waals surface area contributed by atoms with Crippen molar-refractivity contribution in [3.63, 3.8) is 0 Å². The van der Waals surface area contributed by atoms with Gasteiger partial charge in [-0.2, -0.15) is 5.10 Å². The van der Waals surface area contributed by atoms with Crippen molar-refractivity contribution in [2.45, 2.75) is 39.4 Å². The van der Waals surface area contributed by atoms with Crippen LogP contribution in [0.1, 0.15) is 42.4 Å². The smallest absolute Gasteiger partial charge is 0.251 e. The molecule has 7 heteroatoms. The van der Waals surface area contributed by atoms with Gasteiger partial charge in [0.2, 0.25) is 0 Å². The third-order valence-electron chi connectivity index (χ3n) is 3.72. The summed E-state index contributed by atoms with van der Waals surface area (Å²) in [4.78, 5) is 16.5. The lowest BCUT2D eigenvalue weighted by molar-refractivity contribution is 0.0919. The molecule has 0 bridgehead atoms. The van der Waals surface area contributed by atoms with E-state index in [2.05, 4.69) is 26.0 Å². The molecule has 0 saturated carbocycles. The monoisotopic (exact) mass is 356 g/mol. The van der Waals surface area contributed by atoms with E-state index < -0.39 is 0 Å². The number of hydrogen-bond acceptors (Lipinski definition) is 3. The largest absolute Gasteiger partial charge is 0.352 e. The van der Waals surface area contributed by atoms with Crippen LogP contribution in [0.3, 0.4) is 0 Å². The highest BCUT2D eigenvalue weighted by atomic mass is 16.1. The van der Waals surface area contributed by atoms with Crippen molar-refractivity contribution < 1.29 is 4.79 Å². The molecule has 0 radical (unpaired) electrons. The van der Waals surface area contributed by atoms with Crippen molar-refractivity contribution in [2.24, 2.45) is 12.0 Å². The van der Waals surface area contributed by atoms with Gasteiger partial charge in [0.25, 0.3) is 5.91 Å². The van der Waals surface area contributed by atoms with Crippen LogP contribution in [0.15, 0.2) is 41.5 Å². The summed E-state index contributed by atoms with van der Waals surface area (Å²) in [6.45, 7) is 7.10. The number of carbonyl (C=O) groups excluding carboxylic acids is 1. The predicted octanol–water partition coefficient (Wildman–Crippen LogP) is 1.81. The zero-order valence-electron chi connectivity index (χ0n) is 16.1. The molecule has 2 aromatic rings. The summed E-state index contributed by atoms with van der Waals surface area (Å²) >= 11 is 0. The second kappa shape index (κ2) is 8.51. The highest BCUT2D eigenvalue weighted by molar-refractivity contribution is 5.94. The molecule has 0 fully saturated rings. The Morgan fingerprint density at radius 3 is 2.54 bits per heavy atom. The van der Waals surface area contributed by atoms with Gasteiger partial charge in [0.15, 0.2) is 5.96 Å². The Balaban J connectivity index is 1.92. The first-order chi connectivity index (χ1) is 12.3. The topological polar surface area (TPSA) is 83.3 Å². The van der Waals surface area contributed by atoms with E-state index in [0.717, 1.165) is 11.3 Å². The average Bonchev–Trinajstić information content (AvgIpc) is 2.99. The molecule has 0 aliphatic heterocycles. The molecule has 7 nitrogen and oxygen atoms in total. The maximum atomic E-state index is 12.3. The highest BCUT2D eigenvalue weighted by Crippen LogP contribution is 2.08. The Morgan fingerprint density at radius 2 is 1.92 bits per heavy atom. The Labute approximate surface area is 154 Å². The van der Waals surface area contributed by atoms with Crippen LogP contribution >= 0.6 is 0 Å². The maximum Gasteiger partial charge on any atom is 0.251 e. The Hall–Kier alpha value is -2.83. The van der Waals surface area contributed by atoms with Gasteiger partial charge in [-0.15, -0.1) is 0 Å². The van der Waals surface area contributed by atoms with E-state index in [1.165, 1.54) is 0 Å². The summed E-state index contributed by atoms with van der Waals surface area (Å²) in [5.41, 5.74) is 2.46. The second-order valence-corrected chi connectivity index (χ2v) is 7.13. The number of guanidine groups is 1. The van der Waals surface area contributed by atoms with E-state index in [-0.39, 0.29) is 11.4 Å². The van der Waals surface area contributed by atoms with Gasteiger partial charge in [-0.05, 0) is 44.5 Å². The quantitative estimate of drug-likeness (QED) is 0.564. The minimum Gasteiger partial charge on any atom is -0.352 e. The SMILES string of the molecule is CN=C(NCc1cccc(C(=O)NC(C)(C)C)c1)NCc1ccnn1C. The van der Waals surface area contributed by atoms with Gasteiger partial charge in [0, 0.05) is 37.9 Å². The van der Waals surface area contributed by atoms with E-state index in [0.29, 0.717) is 24.6 Å². The molecule has 1 heterocycles. The molecule has 0 aliphatic rings. The molecule has 26 heavy (non-hydrogen) atoms. The van der Waals surface area contributed by atoms with Gasteiger partial charge in [0.1, 0.15) is 0 Å². The number of aliphatic imine (C=N–C) groups is 1. The Kier molecular flexibility index (Phi) is 6.38. The Bertz CT molecular complexity index is 772. The van der Waals surface area contributed by atoms with Crippen molar-refractivity contribution in [3.8, 4) is 0 Å². The lowest BCUT2D eigenvalue weighted by Crippen LogP contribution is -2.40. The van der Waals surface area contributed by atoms with Crippen LogP contribution < -0.4 is 16.0 Å². The minimum absolute atomic E-state index is 0.0712. The van der Waals surface area contributed by atoms with Gasteiger partial charge < -0.3 is 16.0 Å². The molecule has 1 aromatic carbocycles. The Morgan fingerprint density at radius 1 is 1.19 bits per heavy atom. The molecular formula is C19H28N6O. The summed E-state index contributed by atoms with van der Waals surface area (Å²) in [7, 11) is 3.63. The summed E-state index contributed by atoms with van der Waals surface area (Å²) < 4.78 is 1.82. The van der Waals surface area contributed by atoms with Crippen molar-refractivity contribution in [2.75, 3.05) is 7.05 Å². The molecule has 1 amide bonds. The fourth-order valence-corrected chi connectivity index (χ4v) is 2.39. The lowest BCUT2D eigenvalue weighted by atomic mass is 10.1. The van der Waals surface area contributed by atoms with Crippen LogP contribution in [0.4, 0.5) is 0 Å². The van der Waals surface area contributed by atoms with Gasteiger partial charge in [0.05, 0.1) is 12.2 Å². The molecule has 0 spiro atoms. The first kappa shape index (κ1) is 19.5. The van der Waals surface area contributed by atoms with E-state index in [9.17, 15) is 4.79 Å². The van der Waals surface area contributed by atoms with Crippen LogP contribution in [0, 0.1) is 0 Å². The van der Waals surface area contributed by atoms with E-state index in [1.807, 2.05) is 62.8 Å². The second-order valence-electron chi connectivity index (χ2n) is 7.13. The number of aryl methyl sites for hydroxylation is 1. The van der Waals surface area contributed by atoms with E-state index in [1.54, 1.807) is 13.2 Å². The standard InChI is InChI=1S/C19H28N6O/c1-19(2,3)24-17(26)15-8-6-7-14(11-15)12-21-18(20-4)22-13-16-9-10-23-25(16)5/h6-11H,12-13H2,1-5H3,(H,24,26)(H2,20,21,22). The van der Waals surface area contributed by atoms with Crippen molar-refractivity contribution in [1.82, 2.24) is 25.7 Å². The van der Waals surface area contributed by atoms with Crippen molar-refractivity contribution in [3.05, 3.63) is 53.3 Å². The fraction of sp³-hybridized carbons (Fsp3) is 0.421. The minimum atomic E-state index is -0.261. The van der Waals surface area contributed by atoms with Crippen molar-refractivity contribution in [1.29, 1.82) is 0 Å². The third-order valence-corrected chi connectivity index (χ3v) is 3.72. The summed E-state index contributed by atoms with van der Waals surface area (Å²) in [5.74, 6) is 0.619. The number of carbonyl (C=O) groups is 1. The van der Waals surface area contributed by atoms with Crippen LogP contribution in [-0.2, 0) is 20.1 Å². The van der Waals surface area contributed by atoms with Gasteiger partial charge in [-0.3, -0.25) is 14.5 Å². The number of nitrogens with zero attached hydrogens (tertiary/aromatic N) is 3. The molecular weight excluding hydrogens is 328 g/mol. The van der Waals surface area contributed by atoms with Gasteiger partial charge >= 0.3 is 0 Å². The first-order valence-electron chi connectivity index (χ1n) is 8.61. The molecule has 0 unspecified atom stereocenters. The van der Waals surface area contributed by atoms with E-state index >= 15 is 0 Å². The zero-order chi connectivity index (χ0) is 19.2. The normalized spacial score (nSPS) is 12.0. The van der Waals surface area contributed by atoms with Crippen LogP contribution in [-0.4, -0.2) is 34.2 Å². The van der Waals surface area contributed by atoms with Gasteiger partial charge in [-0.1, -0.05) is 12.1 Å². The predicted molar refractivity (Wildman–Crippen MR) is 104 cm³/mol. The van der Waals surface area contributed by atoms with Crippen LogP contribution in [0.5, 0.6) is 0 Å².